The third-order valence-corrected chi connectivity index (χ3v) is 9.72. The minimum Gasteiger partial charge on any atom is -0.359 e. The van der Waals surface area contributed by atoms with Crippen LogP contribution >= 0.6 is 0 Å². The van der Waals surface area contributed by atoms with Crippen LogP contribution in [0.4, 0.5) is 0 Å². The van der Waals surface area contributed by atoms with Gasteiger partial charge in [0.2, 0.25) is 0 Å². The Hall–Kier alpha value is -2.27. The van der Waals surface area contributed by atoms with Gasteiger partial charge in [0.25, 0.3) is 0 Å². The topological polar surface area (TPSA) is 45.6 Å². The van der Waals surface area contributed by atoms with Crippen LogP contribution in [0.15, 0.2) is 66.0 Å². The first-order valence-electron chi connectivity index (χ1n) is 12.5. The number of fused-ring (bicyclic) bond motifs is 2. The van der Waals surface area contributed by atoms with Crippen LogP contribution in [0.5, 0.6) is 0 Å². The summed E-state index contributed by atoms with van der Waals surface area (Å²) < 4.78 is 7.28. The average molecular weight is 441 g/mol. The Morgan fingerprint density at radius 1 is 1.15 bits per heavy atom. The summed E-state index contributed by atoms with van der Waals surface area (Å²) in [7, 11) is 1.79. The standard InChI is InChI=1S/C29H32N2O2/c1-27-11-9-23-16-22-5-6-24(31(2)32)17-28(22)12-13-29(23,33-28)26(27)8-7-25(27)20-4-3-19-10-14-30-18-21(19)15-20/h3-4,7,9-10,14-16,18,24,26,32H,5-6,8,11-13,17H2,1-2H3/t24?,26?,27?,28-,29-/m1/s1. The van der Waals surface area contributed by atoms with Crippen molar-refractivity contribution in [2.45, 2.75) is 69.1 Å². The summed E-state index contributed by atoms with van der Waals surface area (Å²) in [6.07, 6.45) is 18.6. The molecular weight excluding hydrogens is 408 g/mol. The monoisotopic (exact) mass is 440 g/mol. The minimum absolute atomic E-state index is 0.0676. The molecule has 1 saturated heterocycles. The lowest BCUT2D eigenvalue weighted by atomic mass is 9.58. The number of nitrogens with zero attached hydrogens (tertiary/aromatic N) is 2. The molecule has 2 spiro atoms. The Bertz CT molecular complexity index is 1260. The average Bonchev–Trinajstić information content (AvgIpc) is 3.33. The molecule has 1 aromatic heterocycles. The van der Waals surface area contributed by atoms with E-state index in [2.05, 4.69) is 54.4 Å². The third kappa shape index (κ3) is 2.60. The molecule has 4 nitrogen and oxygen atoms in total. The van der Waals surface area contributed by atoms with E-state index in [0.717, 1.165) is 44.9 Å². The van der Waals surface area contributed by atoms with E-state index in [1.54, 1.807) is 7.05 Å². The molecule has 0 amide bonds. The molecule has 5 atom stereocenters. The van der Waals surface area contributed by atoms with Gasteiger partial charge in [-0.3, -0.25) is 4.98 Å². The Balaban J connectivity index is 1.28. The largest absolute Gasteiger partial charge is 0.359 e. The SMILES string of the molecule is CN(O)C1CCC2=CC3=CCC4(C)C(c5ccc6ccncc6c5)=CCC4[C@@]34CC[C@]2(C1)O4. The molecular formula is C29H32N2O2. The number of ether oxygens (including phenoxy) is 1. The molecule has 1 aromatic carbocycles. The van der Waals surface area contributed by atoms with Gasteiger partial charge in [0.1, 0.15) is 0 Å². The normalized spacial score (nSPS) is 39.0. The van der Waals surface area contributed by atoms with E-state index in [-0.39, 0.29) is 22.7 Å². The van der Waals surface area contributed by atoms with E-state index < -0.39 is 0 Å². The molecule has 2 bridgehead atoms. The van der Waals surface area contributed by atoms with Crippen LogP contribution in [0.1, 0.15) is 57.4 Å². The first kappa shape index (κ1) is 20.1. The second kappa shape index (κ2) is 6.65. The molecule has 3 unspecified atom stereocenters. The van der Waals surface area contributed by atoms with Gasteiger partial charge in [0.15, 0.2) is 0 Å². The Kier molecular flexibility index (Phi) is 4.06. The number of allylic oxidation sites excluding steroid dienone is 3. The number of benzene rings is 1. The molecule has 2 aliphatic heterocycles. The predicted molar refractivity (Wildman–Crippen MR) is 130 cm³/mol. The molecule has 2 fully saturated rings. The van der Waals surface area contributed by atoms with Gasteiger partial charge in [-0.2, -0.15) is 5.06 Å². The van der Waals surface area contributed by atoms with E-state index in [1.807, 2.05) is 12.4 Å². The van der Waals surface area contributed by atoms with Crippen LogP contribution in [0.3, 0.4) is 0 Å². The zero-order chi connectivity index (χ0) is 22.4. The van der Waals surface area contributed by atoms with Crippen molar-refractivity contribution < 1.29 is 9.94 Å². The molecule has 1 saturated carbocycles. The van der Waals surface area contributed by atoms with Crippen molar-refractivity contribution in [2.24, 2.45) is 11.3 Å². The second-order valence-corrected chi connectivity index (χ2v) is 11.3. The maximum absolute atomic E-state index is 10.2. The molecule has 33 heavy (non-hydrogen) atoms. The Labute approximate surface area is 195 Å². The van der Waals surface area contributed by atoms with Crippen molar-refractivity contribution in [2.75, 3.05) is 7.05 Å². The summed E-state index contributed by atoms with van der Waals surface area (Å²) in [6, 6.07) is 9.10. The number of hydroxylamine groups is 2. The summed E-state index contributed by atoms with van der Waals surface area (Å²) in [5.74, 6) is 0.453. The highest BCUT2D eigenvalue weighted by molar-refractivity contribution is 5.87. The third-order valence-electron chi connectivity index (χ3n) is 9.72. The van der Waals surface area contributed by atoms with E-state index >= 15 is 0 Å². The van der Waals surface area contributed by atoms with Crippen molar-refractivity contribution in [3.8, 4) is 0 Å². The smallest absolute Gasteiger partial charge is 0.0980 e. The van der Waals surface area contributed by atoms with Crippen LogP contribution in [0.25, 0.3) is 16.3 Å². The van der Waals surface area contributed by atoms with Gasteiger partial charge < -0.3 is 9.94 Å². The second-order valence-electron chi connectivity index (χ2n) is 11.3. The highest BCUT2D eigenvalue weighted by Gasteiger charge is 2.65. The molecule has 4 heteroatoms. The van der Waals surface area contributed by atoms with Crippen LogP contribution in [0.2, 0.25) is 0 Å². The Morgan fingerprint density at radius 2 is 2.06 bits per heavy atom. The zero-order valence-corrected chi connectivity index (χ0v) is 19.6. The van der Waals surface area contributed by atoms with Crippen LogP contribution < -0.4 is 0 Å². The number of pyridine rings is 1. The number of hydrogen-bond acceptors (Lipinski definition) is 4. The van der Waals surface area contributed by atoms with E-state index in [9.17, 15) is 5.21 Å². The van der Waals surface area contributed by atoms with Crippen molar-refractivity contribution >= 4 is 16.3 Å². The number of aromatic nitrogens is 1. The lowest BCUT2D eigenvalue weighted by Gasteiger charge is -2.54. The molecule has 170 valence electrons. The lowest BCUT2D eigenvalue weighted by molar-refractivity contribution is -0.165. The molecule has 2 aromatic rings. The molecule has 3 heterocycles. The molecule has 5 aliphatic rings. The van der Waals surface area contributed by atoms with Gasteiger partial charge in [-0.25, -0.2) is 0 Å². The molecule has 3 aliphatic carbocycles. The quantitative estimate of drug-likeness (QED) is 0.575. The molecule has 7 rings (SSSR count). The van der Waals surface area contributed by atoms with Gasteiger partial charge in [0, 0.05) is 42.2 Å². The fourth-order valence-corrected chi connectivity index (χ4v) is 7.98. The fraction of sp³-hybridized carbons (Fsp3) is 0.483. The lowest BCUT2D eigenvalue weighted by Crippen LogP contribution is -2.54. The maximum Gasteiger partial charge on any atom is 0.0980 e. The predicted octanol–water partition coefficient (Wildman–Crippen LogP) is 6.08. The van der Waals surface area contributed by atoms with Gasteiger partial charge in [0.05, 0.1) is 11.2 Å². The minimum atomic E-state index is -0.191. The first-order chi connectivity index (χ1) is 15.9. The van der Waals surface area contributed by atoms with Gasteiger partial charge >= 0.3 is 0 Å². The Morgan fingerprint density at radius 3 is 2.94 bits per heavy atom. The van der Waals surface area contributed by atoms with E-state index in [0.29, 0.717) is 5.92 Å². The summed E-state index contributed by atoms with van der Waals surface area (Å²) >= 11 is 0. The van der Waals surface area contributed by atoms with Crippen molar-refractivity contribution in [1.29, 1.82) is 0 Å². The van der Waals surface area contributed by atoms with Gasteiger partial charge in [-0.05, 0) is 84.7 Å². The summed E-state index contributed by atoms with van der Waals surface area (Å²) in [5, 5.41) is 14.0. The zero-order valence-electron chi connectivity index (χ0n) is 19.6. The van der Waals surface area contributed by atoms with E-state index in [4.69, 9.17) is 4.74 Å². The van der Waals surface area contributed by atoms with Crippen molar-refractivity contribution in [3.05, 3.63) is 71.6 Å². The summed E-state index contributed by atoms with van der Waals surface area (Å²) in [6.45, 7) is 2.46. The van der Waals surface area contributed by atoms with Crippen LogP contribution in [-0.2, 0) is 4.74 Å². The number of rotatable bonds is 2. The maximum atomic E-state index is 10.2. The first-order valence-corrected chi connectivity index (χ1v) is 12.5. The summed E-state index contributed by atoms with van der Waals surface area (Å²) in [5.41, 5.74) is 5.39. The van der Waals surface area contributed by atoms with Crippen LogP contribution in [-0.4, -0.2) is 39.5 Å². The number of hydrogen-bond donors (Lipinski definition) is 1. The van der Waals surface area contributed by atoms with Crippen molar-refractivity contribution in [3.63, 3.8) is 0 Å². The van der Waals surface area contributed by atoms with Crippen molar-refractivity contribution in [1.82, 2.24) is 10.0 Å². The molecule has 1 N–H and O–H groups in total. The highest BCUT2D eigenvalue weighted by Crippen LogP contribution is 2.67. The van der Waals surface area contributed by atoms with Gasteiger partial charge in [-0.1, -0.05) is 37.3 Å². The fourth-order valence-electron chi connectivity index (χ4n) is 7.98. The van der Waals surface area contributed by atoms with Crippen LogP contribution in [0, 0.1) is 11.3 Å². The van der Waals surface area contributed by atoms with E-state index in [1.165, 1.54) is 38.1 Å². The molecule has 0 radical (unpaired) electrons. The summed E-state index contributed by atoms with van der Waals surface area (Å²) in [4.78, 5) is 4.34. The highest BCUT2D eigenvalue weighted by atomic mass is 16.5. The van der Waals surface area contributed by atoms with Gasteiger partial charge in [-0.15, -0.1) is 0 Å².